The van der Waals surface area contributed by atoms with Crippen molar-refractivity contribution >= 4 is 17.7 Å². The first-order chi connectivity index (χ1) is 9.10. The van der Waals surface area contributed by atoms with E-state index in [0.29, 0.717) is 10.7 Å². The van der Waals surface area contributed by atoms with E-state index in [1.165, 1.54) is 17.8 Å². The fourth-order valence-corrected chi connectivity index (χ4v) is 1.80. The van der Waals surface area contributed by atoms with Crippen LogP contribution in [0.2, 0.25) is 0 Å². The molecule has 0 bridgehead atoms. The van der Waals surface area contributed by atoms with E-state index in [2.05, 4.69) is 19.7 Å². The summed E-state index contributed by atoms with van der Waals surface area (Å²) < 4.78 is 29.1. The van der Waals surface area contributed by atoms with Gasteiger partial charge < -0.3 is 10.5 Å². The van der Waals surface area contributed by atoms with E-state index in [4.69, 9.17) is 5.73 Å². The number of alkyl halides is 2. The molecule has 100 valence electrons. The standard InChI is InChI=1S/C11H10F2N4OS/c1-19-11-16-8(15-10(14)17-11)6-4-2-3-5-7(6)18-9(12)13/h2-5,9H,1H3,(H2,14,15,16,17). The lowest BCUT2D eigenvalue weighted by atomic mass is 10.2. The molecule has 2 N–H and O–H groups in total. The number of nitrogens with two attached hydrogens (primary N) is 1. The molecular weight excluding hydrogens is 274 g/mol. The molecule has 5 nitrogen and oxygen atoms in total. The molecule has 2 rings (SSSR count). The van der Waals surface area contributed by atoms with Crippen LogP contribution >= 0.6 is 11.8 Å². The van der Waals surface area contributed by atoms with Crippen LogP contribution in [0.4, 0.5) is 14.7 Å². The van der Waals surface area contributed by atoms with Gasteiger partial charge in [0.1, 0.15) is 5.75 Å². The summed E-state index contributed by atoms with van der Waals surface area (Å²) in [5, 5.41) is 0.411. The lowest BCUT2D eigenvalue weighted by Crippen LogP contribution is -2.05. The molecule has 0 radical (unpaired) electrons. The first kappa shape index (κ1) is 13.5. The van der Waals surface area contributed by atoms with E-state index in [1.54, 1.807) is 24.5 Å². The second-order valence-electron chi connectivity index (χ2n) is 3.38. The molecule has 0 saturated heterocycles. The van der Waals surface area contributed by atoms with Crippen LogP contribution in [0.25, 0.3) is 11.4 Å². The monoisotopic (exact) mass is 284 g/mol. The molecule has 0 saturated carbocycles. The maximum Gasteiger partial charge on any atom is 0.387 e. The van der Waals surface area contributed by atoms with Gasteiger partial charge in [0.05, 0.1) is 5.56 Å². The minimum absolute atomic E-state index is 0.00449. The Morgan fingerprint density at radius 2 is 1.95 bits per heavy atom. The number of aromatic nitrogens is 3. The average molecular weight is 284 g/mol. The van der Waals surface area contributed by atoms with Crippen molar-refractivity contribution in [2.24, 2.45) is 0 Å². The summed E-state index contributed by atoms with van der Waals surface area (Å²) in [6.07, 6.45) is 1.78. The highest BCUT2D eigenvalue weighted by Gasteiger charge is 2.14. The third-order valence-electron chi connectivity index (χ3n) is 2.16. The maximum atomic E-state index is 12.3. The van der Waals surface area contributed by atoms with E-state index in [0.717, 1.165) is 0 Å². The van der Waals surface area contributed by atoms with Gasteiger partial charge in [-0.3, -0.25) is 0 Å². The summed E-state index contributed by atoms with van der Waals surface area (Å²) in [4.78, 5) is 12.0. The van der Waals surface area contributed by atoms with Gasteiger partial charge in [0.25, 0.3) is 0 Å². The minimum atomic E-state index is -2.92. The highest BCUT2D eigenvalue weighted by atomic mass is 32.2. The zero-order chi connectivity index (χ0) is 13.8. The second kappa shape index (κ2) is 5.79. The number of anilines is 1. The van der Waals surface area contributed by atoms with Gasteiger partial charge in [-0.05, 0) is 18.4 Å². The lowest BCUT2D eigenvalue weighted by Gasteiger charge is -2.10. The molecule has 0 aliphatic rings. The van der Waals surface area contributed by atoms with Crippen molar-refractivity contribution in [2.75, 3.05) is 12.0 Å². The molecule has 0 aliphatic heterocycles. The topological polar surface area (TPSA) is 73.9 Å². The minimum Gasteiger partial charge on any atom is -0.434 e. The summed E-state index contributed by atoms with van der Waals surface area (Å²) in [6.45, 7) is -2.92. The number of benzene rings is 1. The Bertz CT molecular complexity index is 582. The first-order valence-corrected chi connectivity index (χ1v) is 6.42. The Balaban J connectivity index is 2.49. The van der Waals surface area contributed by atoms with Gasteiger partial charge in [0, 0.05) is 0 Å². The molecule has 0 unspecified atom stereocenters. The van der Waals surface area contributed by atoms with Crippen molar-refractivity contribution in [2.45, 2.75) is 11.8 Å². The van der Waals surface area contributed by atoms with Gasteiger partial charge >= 0.3 is 6.61 Å². The van der Waals surface area contributed by atoms with Gasteiger partial charge in [-0.15, -0.1) is 0 Å². The van der Waals surface area contributed by atoms with Crippen molar-refractivity contribution in [1.29, 1.82) is 0 Å². The Hall–Kier alpha value is -1.96. The van der Waals surface area contributed by atoms with Gasteiger partial charge in [0.2, 0.25) is 5.95 Å². The number of para-hydroxylation sites is 1. The summed E-state index contributed by atoms with van der Waals surface area (Å²) in [7, 11) is 0. The van der Waals surface area contributed by atoms with Crippen molar-refractivity contribution in [3.8, 4) is 17.1 Å². The maximum absolute atomic E-state index is 12.3. The van der Waals surface area contributed by atoms with E-state index in [9.17, 15) is 8.78 Å². The van der Waals surface area contributed by atoms with Crippen molar-refractivity contribution in [3.05, 3.63) is 24.3 Å². The van der Waals surface area contributed by atoms with Gasteiger partial charge in [0.15, 0.2) is 11.0 Å². The SMILES string of the molecule is CSc1nc(N)nc(-c2ccccc2OC(F)F)n1. The van der Waals surface area contributed by atoms with E-state index in [1.807, 2.05) is 0 Å². The Labute approximate surface area is 112 Å². The predicted molar refractivity (Wildman–Crippen MR) is 68.1 cm³/mol. The molecule has 8 heteroatoms. The first-order valence-electron chi connectivity index (χ1n) is 5.20. The fraction of sp³-hybridized carbons (Fsp3) is 0.182. The molecular formula is C11H10F2N4OS. The molecule has 1 aromatic carbocycles. The Morgan fingerprint density at radius 1 is 1.21 bits per heavy atom. The number of ether oxygens (including phenoxy) is 1. The van der Waals surface area contributed by atoms with E-state index < -0.39 is 6.61 Å². The quantitative estimate of drug-likeness (QED) is 0.869. The van der Waals surface area contributed by atoms with Crippen LogP contribution in [0.15, 0.2) is 29.4 Å². The number of thioether (sulfide) groups is 1. The van der Waals surface area contributed by atoms with Crippen molar-refractivity contribution < 1.29 is 13.5 Å². The zero-order valence-corrected chi connectivity index (χ0v) is 10.7. The van der Waals surface area contributed by atoms with Crippen LogP contribution < -0.4 is 10.5 Å². The molecule has 1 heterocycles. The Morgan fingerprint density at radius 3 is 2.63 bits per heavy atom. The van der Waals surface area contributed by atoms with E-state index in [-0.39, 0.29) is 17.5 Å². The number of hydrogen-bond donors (Lipinski definition) is 1. The molecule has 1 aromatic heterocycles. The van der Waals surface area contributed by atoms with Crippen molar-refractivity contribution in [1.82, 2.24) is 15.0 Å². The fourth-order valence-electron chi connectivity index (χ4n) is 1.43. The lowest BCUT2D eigenvalue weighted by molar-refractivity contribution is -0.0494. The van der Waals surface area contributed by atoms with Crippen LogP contribution in [-0.2, 0) is 0 Å². The smallest absolute Gasteiger partial charge is 0.387 e. The number of nitrogens with zero attached hydrogens (tertiary/aromatic N) is 3. The van der Waals surface area contributed by atoms with Crippen molar-refractivity contribution in [3.63, 3.8) is 0 Å². The summed E-state index contributed by atoms with van der Waals surface area (Å²) in [5.74, 6) is 0.226. The highest BCUT2D eigenvalue weighted by molar-refractivity contribution is 7.98. The largest absolute Gasteiger partial charge is 0.434 e. The van der Waals surface area contributed by atoms with Crippen LogP contribution in [0.5, 0.6) is 5.75 Å². The van der Waals surface area contributed by atoms with Gasteiger partial charge in [-0.2, -0.15) is 18.7 Å². The molecule has 0 atom stereocenters. The highest BCUT2D eigenvalue weighted by Crippen LogP contribution is 2.29. The molecule has 0 aliphatic carbocycles. The number of hydrogen-bond acceptors (Lipinski definition) is 6. The van der Waals surface area contributed by atoms with Crippen LogP contribution in [0.3, 0.4) is 0 Å². The normalized spacial score (nSPS) is 10.7. The second-order valence-corrected chi connectivity index (χ2v) is 4.15. The molecule has 19 heavy (non-hydrogen) atoms. The number of halogens is 2. The van der Waals surface area contributed by atoms with Gasteiger partial charge in [-0.1, -0.05) is 23.9 Å². The molecule has 0 spiro atoms. The average Bonchev–Trinajstić information content (AvgIpc) is 2.38. The summed E-state index contributed by atoms with van der Waals surface area (Å²) in [5.41, 5.74) is 5.90. The summed E-state index contributed by atoms with van der Waals surface area (Å²) >= 11 is 1.28. The molecule has 2 aromatic rings. The van der Waals surface area contributed by atoms with Crippen LogP contribution in [-0.4, -0.2) is 27.8 Å². The Kier molecular flexibility index (Phi) is 4.10. The zero-order valence-electron chi connectivity index (χ0n) is 9.88. The predicted octanol–water partition coefficient (Wildman–Crippen LogP) is 2.44. The van der Waals surface area contributed by atoms with Crippen LogP contribution in [0, 0.1) is 0 Å². The van der Waals surface area contributed by atoms with Crippen LogP contribution in [0.1, 0.15) is 0 Å². The molecule has 0 amide bonds. The molecule has 0 fully saturated rings. The van der Waals surface area contributed by atoms with E-state index >= 15 is 0 Å². The van der Waals surface area contributed by atoms with Gasteiger partial charge in [-0.25, -0.2) is 4.98 Å². The third-order valence-corrected chi connectivity index (χ3v) is 2.71. The number of nitrogen functional groups attached to an aromatic ring is 1. The number of rotatable bonds is 4. The summed E-state index contributed by atoms with van der Waals surface area (Å²) in [6, 6.07) is 6.25. The third kappa shape index (κ3) is 3.28.